The Morgan fingerprint density at radius 2 is 0.843 bits per heavy atom. The van der Waals surface area contributed by atoms with E-state index in [9.17, 15) is 0 Å². The van der Waals surface area contributed by atoms with Gasteiger partial charge in [0.25, 0.3) is 0 Å². The van der Waals surface area contributed by atoms with E-state index in [1.54, 1.807) is 0 Å². The standard InChI is InChI=1S/C51H32/c1-3-17-40(18-4-1)51(41-19-5-2-6-20-41)46-30-27-38(32-45(46)43-21-9-13-33-14-10-22-47(51)49(33)43)37-15-8-16-39(31-37)42-28-25-36-24-23-34-11-7-12-35-26-29-44(42)50(36)48(34)35/h1-32H. The minimum atomic E-state index is -0.464. The van der Waals surface area contributed by atoms with Crippen molar-refractivity contribution in [2.45, 2.75) is 5.41 Å². The molecule has 0 unspecified atom stereocenters. The van der Waals surface area contributed by atoms with Crippen molar-refractivity contribution in [2.75, 3.05) is 0 Å². The Morgan fingerprint density at radius 3 is 1.59 bits per heavy atom. The van der Waals surface area contributed by atoms with Crippen molar-refractivity contribution in [3.8, 4) is 33.4 Å². The third-order valence-electron chi connectivity index (χ3n) is 11.5. The molecular weight excluding hydrogens is 613 g/mol. The summed E-state index contributed by atoms with van der Waals surface area (Å²) < 4.78 is 0. The van der Waals surface area contributed by atoms with Crippen LogP contribution in [0.4, 0.5) is 0 Å². The van der Waals surface area contributed by atoms with Crippen molar-refractivity contribution in [2.24, 2.45) is 0 Å². The molecule has 0 aliphatic heterocycles. The molecule has 0 heteroatoms. The third-order valence-corrected chi connectivity index (χ3v) is 11.5. The Labute approximate surface area is 297 Å². The summed E-state index contributed by atoms with van der Waals surface area (Å²) in [5.41, 5.74) is 12.3. The summed E-state index contributed by atoms with van der Waals surface area (Å²) in [5, 5.41) is 10.5. The molecule has 10 aromatic carbocycles. The molecule has 0 aromatic heterocycles. The van der Waals surface area contributed by atoms with E-state index >= 15 is 0 Å². The zero-order valence-electron chi connectivity index (χ0n) is 28.0. The maximum absolute atomic E-state index is 2.45. The molecule has 0 bridgehead atoms. The molecular formula is C51H32. The molecule has 10 aromatic rings. The molecule has 1 aliphatic carbocycles. The van der Waals surface area contributed by atoms with E-state index in [2.05, 4.69) is 194 Å². The molecule has 236 valence electrons. The van der Waals surface area contributed by atoms with Gasteiger partial charge in [0.05, 0.1) is 5.41 Å². The summed E-state index contributed by atoms with van der Waals surface area (Å²) in [6, 6.07) is 72.5. The Kier molecular flexibility index (Phi) is 5.97. The topological polar surface area (TPSA) is 0 Å². The van der Waals surface area contributed by atoms with Gasteiger partial charge in [0.1, 0.15) is 0 Å². The summed E-state index contributed by atoms with van der Waals surface area (Å²) >= 11 is 0. The lowest BCUT2D eigenvalue weighted by atomic mass is 9.59. The van der Waals surface area contributed by atoms with Gasteiger partial charge in [-0.1, -0.05) is 182 Å². The largest absolute Gasteiger partial charge is 0.0713 e. The van der Waals surface area contributed by atoms with Gasteiger partial charge >= 0.3 is 0 Å². The number of fused-ring (bicyclic) bond motifs is 2. The highest BCUT2D eigenvalue weighted by molar-refractivity contribution is 6.25. The van der Waals surface area contributed by atoms with Gasteiger partial charge < -0.3 is 0 Å². The third kappa shape index (κ3) is 3.96. The zero-order chi connectivity index (χ0) is 33.5. The molecule has 0 atom stereocenters. The Morgan fingerprint density at radius 1 is 0.275 bits per heavy atom. The number of hydrogen-bond acceptors (Lipinski definition) is 0. The van der Waals surface area contributed by atoms with Gasteiger partial charge in [-0.25, -0.2) is 0 Å². The lowest BCUT2D eigenvalue weighted by molar-refractivity contribution is 0.750. The van der Waals surface area contributed by atoms with Crippen molar-refractivity contribution in [1.82, 2.24) is 0 Å². The van der Waals surface area contributed by atoms with Crippen LogP contribution in [0.15, 0.2) is 194 Å². The van der Waals surface area contributed by atoms with Crippen LogP contribution < -0.4 is 0 Å². The molecule has 0 saturated heterocycles. The summed E-state index contributed by atoms with van der Waals surface area (Å²) in [6.45, 7) is 0. The van der Waals surface area contributed by atoms with E-state index < -0.39 is 5.41 Å². The first-order chi connectivity index (χ1) is 25.3. The molecule has 1 aliphatic rings. The highest BCUT2D eigenvalue weighted by Crippen LogP contribution is 2.55. The predicted molar refractivity (Wildman–Crippen MR) is 216 cm³/mol. The summed E-state index contributed by atoms with van der Waals surface area (Å²) in [4.78, 5) is 0. The normalized spacial score (nSPS) is 13.3. The second kappa shape index (κ2) is 10.7. The van der Waals surface area contributed by atoms with Crippen molar-refractivity contribution < 1.29 is 0 Å². The highest BCUT2D eigenvalue weighted by atomic mass is 14.4. The maximum Gasteiger partial charge on any atom is 0.0713 e. The fraction of sp³-hybridized carbons (Fsp3) is 0.0196. The molecule has 51 heavy (non-hydrogen) atoms. The Bertz CT molecular complexity index is 2890. The molecule has 11 rings (SSSR count). The van der Waals surface area contributed by atoms with Gasteiger partial charge in [-0.2, -0.15) is 0 Å². The number of hydrogen-bond donors (Lipinski definition) is 0. The fourth-order valence-corrected chi connectivity index (χ4v) is 9.31. The van der Waals surface area contributed by atoms with Gasteiger partial charge in [-0.05, 0) is 111 Å². The summed E-state index contributed by atoms with van der Waals surface area (Å²) in [6.07, 6.45) is 0. The molecule has 0 radical (unpaired) electrons. The van der Waals surface area contributed by atoms with Crippen LogP contribution in [-0.2, 0) is 5.41 Å². The van der Waals surface area contributed by atoms with Gasteiger partial charge in [0.2, 0.25) is 0 Å². The van der Waals surface area contributed by atoms with Crippen LogP contribution in [-0.4, -0.2) is 0 Å². The minimum Gasteiger partial charge on any atom is -0.0622 e. The maximum atomic E-state index is 2.45. The lowest BCUT2D eigenvalue weighted by Crippen LogP contribution is -2.33. The van der Waals surface area contributed by atoms with E-state index in [1.807, 2.05) is 0 Å². The van der Waals surface area contributed by atoms with Crippen LogP contribution >= 0.6 is 0 Å². The minimum absolute atomic E-state index is 0.464. The Hall–Kier alpha value is -6.50. The highest BCUT2D eigenvalue weighted by Gasteiger charge is 2.44. The van der Waals surface area contributed by atoms with Crippen LogP contribution in [0, 0.1) is 0 Å². The van der Waals surface area contributed by atoms with E-state index in [0.29, 0.717) is 0 Å². The van der Waals surface area contributed by atoms with E-state index in [1.165, 1.54) is 98.7 Å². The van der Waals surface area contributed by atoms with Gasteiger partial charge in [-0.15, -0.1) is 0 Å². The molecule has 0 N–H and O–H groups in total. The van der Waals surface area contributed by atoms with E-state index in [4.69, 9.17) is 0 Å². The quantitative estimate of drug-likeness (QED) is 0.167. The average Bonchev–Trinajstić information content (AvgIpc) is 3.21. The molecule has 0 fully saturated rings. The fourth-order valence-electron chi connectivity index (χ4n) is 9.31. The second-order valence-corrected chi connectivity index (χ2v) is 14.0. The van der Waals surface area contributed by atoms with Gasteiger partial charge in [-0.3, -0.25) is 0 Å². The van der Waals surface area contributed by atoms with Crippen LogP contribution in [0.2, 0.25) is 0 Å². The van der Waals surface area contributed by atoms with Gasteiger partial charge in [0.15, 0.2) is 0 Å². The van der Waals surface area contributed by atoms with Gasteiger partial charge in [0, 0.05) is 0 Å². The SMILES string of the molecule is c1ccc(C2(c3ccccc3)c3ccc(-c4cccc(-c5ccc6ccc7cccc8ccc5c6c78)c4)cc3-c3cccc4cccc2c34)cc1. The average molecular weight is 645 g/mol. The van der Waals surface area contributed by atoms with Crippen LogP contribution in [0.3, 0.4) is 0 Å². The van der Waals surface area contributed by atoms with Crippen LogP contribution in [0.5, 0.6) is 0 Å². The number of rotatable bonds is 4. The molecule has 0 amide bonds. The van der Waals surface area contributed by atoms with Crippen molar-refractivity contribution in [3.05, 3.63) is 216 Å². The van der Waals surface area contributed by atoms with Crippen LogP contribution in [0.25, 0.3) is 76.5 Å². The predicted octanol–water partition coefficient (Wildman–Crippen LogP) is 13.4. The monoisotopic (exact) mass is 644 g/mol. The van der Waals surface area contributed by atoms with E-state index in [-0.39, 0.29) is 0 Å². The van der Waals surface area contributed by atoms with Crippen molar-refractivity contribution >= 4 is 43.1 Å². The number of benzene rings is 10. The lowest BCUT2D eigenvalue weighted by Gasteiger charge is -2.42. The van der Waals surface area contributed by atoms with Crippen molar-refractivity contribution in [1.29, 1.82) is 0 Å². The summed E-state index contributed by atoms with van der Waals surface area (Å²) in [5.74, 6) is 0. The molecule has 0 spiro atoms. The Balaban J connectivity index is 1.15. The molecule has 0 heterocycles. The molecule has 0 nitrogen and oxygen atoms in total. The first kappa shape index (κ1) is 28.3. The second-order valence-electron chi connectivity index (χ2n) is 14.0. The first-order valence-electron chi connectivity index (χ1n) is 17.8. The molecule has 0 saturated carbocycles. The smallest absolute Gasteiger partial charge is 0.0622 e. The van der Waals surface area contributed by atoms with Crippen molar-refractivity contribution in [3.63, 3.8) is 0 Å². The first-order valence-corrected chi connectivity index (χ1v) is 17.8. The van der Waals surface area contributed by atoms with E-state index in [0.717, 1.165) is 0 Å². The zero-order valence-corrected chi connectivity index (χ0v) is 28.0. The summed E-state index contributed by atoms with van der Waals surface area (Å²) in [7, 11) is 0. The van der Waals surface area contributed by atoms with Crippen LogP contribution in [0.1, 0.15) is 22.3 Å².